The largest absolute Gasteiger partial charge is 0.458 e. The van der Waals surface area contributed by atoms with Crippen molar-refractivity contribution in [3.8, 4) is 0 Å². The lowest BCUT2D eigenvalue weighted by Gasteiger charge is -2.31. The van der Waals surface area contributed by atoms with Crippen LogP contribution in [0.1, 0.15) is 49.2 Å². The molecule has 0 fully saturated rings. The van der Waals surface area contributed by atoms with Gasteiger partial charge in [-0.25, -0.2) is 4.79 Å². The molecule has 0 aromatic heterocycles. The molecule has 1 heterocycles. The SMILES string of the molecule is CC(NC(=O)c1ccc(Br)cc1N[C@]1(Cc2cccc(Cl)c2)C(=O)Nc2cc(Cl)ccc21)C(=O)OC(C)(C)C. The van der Waals surface area contributed by atoms with Gasteiger partial charge in [-0.15, -0.1) is 0 Å². The summed E-state index contributed by atoms with van der Waals surface area (Å²) < 4.78 is 6.09. The first kappa shape index (κ1) is 28.9. The molecule has 1 unspecified atom stereocenters. The van der Waals surface area contributed by atoms with Gasteiger partial charge < -0.3 is 20.7 Å². The Hall–Kier alpha value is -3.07. The van der Waals surface area contributed by atoms with Gasteiger partial charge in [-0.1, -0.05) is 57.3 Å². The van der Waals surface area contributed by atoms with Crippen molar-refractivity contribution in [1.82, 2.24) is 5.32 Å². The summed E-state index contributed by atoms with van der Waals surface area (Å²) in [6.07, 6.45) is 0.232. The first-order valence-corrected chi connectivity index (χ1v) is 13.8. The van der Waals surface area contributed by atoms with Crippen molar-refractivity contribution in [2.45, 2.75) is 51.3 Å². The minimum atomic E-state index is -1.29. The first-order chi connectivity index (χ1) is 18.3. The van der Waals surface area contributed by atoms with E-state index >= 15 is 0 Å². The number of amides is 2. The molecule has 3 N–H and O–H groups in total. The summed E-state index contributed by atoms with van der Waals surface area (Å²) in [6, 6.07) is 16.6. The molecule has 2 amide bonds. The van der Waals surface area contributed by atoms with Gasteiger partial charge in [0.05, 0.1) is 5.56 Å². The van der Waals surface area contributed by atoms with Crippen molar-refractivity contribution < 1.29 is 19.1 Å². The number of nitrogens with one attached hydrogen (secondary N) is 3. The van der Waals surface area contributed by atoms with Crippen molar-refractivity contribution >= 4 is 68.3 Å². The Morgan fingerprint density at radius 2 is 1.77 bits per heavy atom. The number of benzene rings is 3. The number of anilines is 2. The van der Waals surface area contributed by atoms with Gasteiger partial charge in [-0.05, 0) is 75.7 Å². The average molecular weight is 633 g/mol. The molecule has 7 nitrogen and oxygen atoms in total. The zero-order valence-corrected chi connectivity index (χ0v) is 24.9. The monoisotopic (exact) mass is 631 g/mol. The van der Waals surface area contributed by atoms with E-state index in [1.165, 1.54) is 0 Å². The lowest BCUT2D eigenvalue weighted by atomic mass is 9.84. The van der Waals surface area contributed by atoms with Crippen molar-refractivity contribution in [1.29, 1.82) is 0 Å². The summed E-state index contributed by atoms with van der Waals surface area (Å²) in [5, 5.41) is 10.0. The molecule has 4 rings (SSSR count). The number of carbonyl (C=O) groups excluding carboxylic acids is 3. The van der Waals surface area contributed by atoms with E-state index in [1.54, 1.807) is 76.2 Å². The van der Waals surface area contributed by atoms with Crippen LogP contribution in [0.4, 0.5) is 11.4 Å². The third-order valence-electron chi connectivity index (χ3n) is 6.12. The van der Waals surface area contributed by atoms with Crippen LogP contribution in [0.5, 0.6) is 0 Å². The Morgan fingerprint density at radius 1 is 1.05 bits per heavy atom. The number of ether oxygens (including phenoxy) is 1. The van der Waals surface area contributed by atoms with E-state index in [2.05, 4.69) is 31.9 Å². The fraction of sp³-hybridized carbons (Fsp3) is 0.276. The molecule has 0 bridgehead atoms. The van der Waals surface area contributed by atoms with Gasteiger partial charge >= 0.3 is 5.97 Å². The molecule has 1 aliphatic rings. The standard InChI is InChI=1S/C29H28BrCl2N3O4/c1-16(26(37)39-28(2,3)4)33-25(36)21-10-8-18(30)13-23(21)35-29(15-17-6-5-7-19(31)12-17)22-11-9-20(32)14-24(22)34-27(29)38/h5-14,16,35H,15H2,1-4H3,(H,33,36)(H,34,38)/t16?,29-/m0/s1. The van der Waals surface area contributed by atoms with Crippen molar-refractivity contribution in [3.05, 3.63) is 91.9 Å². The molecule has 204 valence electrons. The summed E-state index contributed by atoms with van der Waals surface area (Å²) in [5.41, 5.74) is 0.697. The van der Waals surface area contributed by atoms with E-state index in [9.17, 15) is 14.4 Å². The smallest absolute Gasteiger partial charge is 0.328 e. The van der Waals surface area contributed by atoms with Crippen LogP contribution < -0.4 is 16.0 Å². The van der Waals surface area contributed by atoms with Crippen LogP contribution in [0.2, 0.25) is 10.0 Å². The minimum Gasteiger partial charge on any atom is -0.458 e. The summed E-state index contributed by atoms with van der Waals surface area (Å²) in [6.45, 7) is 6.83. The van der Waals surface area contributed by atoms with Crippen molar-refractivity contribution in [2.24, 2.45) is 0 Å². The second-order valence-electron chi connectivity index (χ2n) is 10.4. The Balaban J connectivity index is 1.74. The summed E-state index contributed by atoms with van der Waals surface area (Å²) in [7, 11) is 0. The van der Waals surface area contributed by atoms with E-state index in [0.717, 1.165) is 5.56 Å². The van der Waals surface area contributed by atoms with E-state index in [4.69, 9.17) is 27.9 Å². The van der Waals surface area contributed by atoms with E-state index < -0.39 is 29.1 Å². The van der Waals surface area contributed by atoms with Crippen LogP contribution >= 0.6 is 39.1 Å². The lowest BCUT2D eigenvalue weighted by Crippen LogP contribution is -2.45. The molecule has 3 aromatic rings. The van der Waals surface area contributed by atoms with Gasteiger partial charge in [0.15, 0.2) is 0 Å². The highest BCUT2D eigenvalue weighted by molar-refractivity contribution is 9.10. The summed E-state index contributed by atoms with van der Waals surface area (Å²) in [4.78, 5) is 39.6. The molecule has 10 heteroatoms. The predicted octanol–water partition coefficient (Wildman–Crippen LogP) is 6.72. The number of carbonyl (C=O) groups is 3. The van der Waals surface area contributed by atoms with Crippen LogP contribution in [0.15, 0.2) is 65.1 Å². The highest BCUT2D eigenvalue weighted by atomic mass is 79.9. The highest BCUT2D eigenvalue weighted by Crippen LogP contribution is 2.43. The lowest BCUT2D eigenvalue weighted by molar-refractivity contribution is -0.156. The van der Waals surface area contributed by atoms with E-state index in [0.29, 0.717) is 31.5 Å². The molecular formula is C29H28BrCl2N3O4. The van der Waals surface area contributed by atoms with Gasteiger partial charge in [0.1, 0.15) is 17.2 Å². The topological polar surface area (TPSA) is 96.5 Å². The number of hydrogen-bond donors (Lipinski definition) is 3. The number of halogens is 3. The number of hydrogen-bond acceptors (Lipinski definition) is 5. The fourth-order valence-electron chi connectivity index (χ4n) is 4.41. The molecule has 3 aromatic carbocycles. The molecule has 0 aliphatic carbocycles. The number of esters is 1. The normalized spacial score (nSPS) is 17.2. The zero-order chi connectivity index (χ0) is 28.5. The Bertz CT molecular complexity index is 1460. The summed E-state index contributed by atoms with van der Waals surface area (Å²) >= 11 is 16.0. The average Bonchev–Trinajstić information content (AvgIpc) is 3.07. The molecule has 2 atom stereocenters. The second-order valence-corrected chi connectivity index (χ2v) is 12.2. The van der Waals surface area contributed by atoms with Crippen molar-refractivity contribution in [2.75, 3.05) is 10.6 Å². The van der Waals surface area contributed by atoms with Crippen LogP contribution in [0.3, 0.4) is 0 Å². The molecule has 39 heavy (non-hydrogen) atoms. The van der Waals surface area contributed by atoms with Crippen LogP contribution in [0.25, 0.3) is 0 Å². The number of rotatable bonds is 7. The van der Waals surface area contributed by atoms with E-state index in [-0.39, 0.29) is 17.9 Å². The molecule has 0 radical (unpaired) electrons. The maximum atomic E-state index is 13.7. The second kappa shape index (κ2) is 11.2. The Morgan fingerprint density at radius 3 is 2.46 bits per heavy atom. The van der Waals surface area contributed by atoms with Gasteiger partial charge in [-0.2, -0.15) is 0 Å². The minimum absolute atomic E-state index is 0.232. The molecular weight excluding hydrogens is 605 g/mol. The van der Waals surface area contributed by atoms with Crippen molar-refractivity contribution in [3.63, 3.8) is 0 Å². The van der Waals surface area contributed by atoms with Gasteiger partial charge in [0.2, 0.25) is 0 Å². The molecule has 0 saturated heterocycles. The van der Waals surface area contributed by atoms with Gasteiger partial charge in [-0.3, -0.25) is 9.59 Å². The predicted molar refractivity (Wildman–Crippen MR) is 157 cm³/mol. The molecule has 0 saturated carbocycles. The zero-order valence-electron chi connectivity index (χ0n) is 21.8. The fourth-order valence-corrected chi connectivity index (χ4v) is 5.16. The molecule has 1 aliphatic heterocycles. The van der Waals surface area contributed by atoms with Crippen LogP contribution in [-0.2, 0) is 26.3 Å². The quantitative estimate of drug-likeness (QED) is 0.251. The maximum absolute atomic E-state index is 13.7. The third-order valence-corrected chi connectivity index (χ3v) is 7.08. The summed E-state index contributed by atoms with van der Waals surface area (Å²) in [5.74, 6) is -1.37. The third kappa shape index (κ3) is 6.57. The van der Waals surface area contributed by atoms with Gasteiger partial charge in [0, 0.05) is 37.9 Å². The highest BCUT2D eigenvalue weighted by Gasteiger charge is 2.47. The Kier molecular flexibility index (Phi) is 8.30. The van der Waals surface area contributed by atoms with E-state index in [1.807, 2.05) is 12.1 Å². The van der Waals surface area contributed by atoms with Crippen LogP contribution in [0, 0.1) is 0 Å². The first-order valence-electron chi connectivity index (χ1n) is 12.2. The number of fused-ring (bicyclic) bond motifs is 1. The molecule has 0 spiro atoms. The Labute approximate surface area is 245 Å². The maximum Gasteiger partial charge on any atom is 0.328 e. The van der Waals surface area contributed by atoms with Gasteiger partial charge in [0.25, 0.3) is 11.8 Å². The van der Waals surface area contributed by atoms with Crippen LogP contribution in [-0.4, -0.2) is 29.4 Å².